The molecule has 0 fully saturated rings. The van der Waals surface area contributed by atoms with Crippen molar-refractivity contribution in [1.82, 2.24) is 4.98 Å². The number of rotatable bonds is 4. The molecule has 0 spiro atoms. The van der Waals surface area contributed by atoms with Gasteiger partial charge in [-0.1, -0.05) is 37.0 Å². The van der Waals surface area contributed by atoms with Crippen LogP contribution in [0.5, 0.6) is 11.5 Å². The second-order valence-corrected chi connectivity index (χ2v) is 5.93. The summed E-state index contributed by atoms with van der Waals surface area (Å²) >= 11 is 12.1. The number of carbonyl (C=O) groups is 1. The van der Waals surface area contributed by atoms with Crippen LogP contribution in [0.25, 0.3) is 0 Å². The molecule has 0 bridgehead atoms. The average molecular weight is 340 g/mol. The molecule has 1 heterocycles. The van der Waals surface area contributed by atoms with Crippen LogP contribution in [0.1, 0.15) is 41.4 Å². The monoisotopic (exact) mass is 339 g/mol. The van der Waals surface area contributed by atoms with E-state index in [0.29, 0.717) is 5.75 Å². The van der Waals surface area contributed by atoms with Crippen LogP contribution in [0.3, 0.4) is 0 Å². The molecule has 0 saturated heterocycles. The maximum absolute atomic E-state index is 11.1. The lowest BCUT2D eigenvalue weighted by molar-refractivity contribution is 0.0696. The van der Waals surface area contributed by atoms with Gasteiger partial charge in [0.25, 0.3) is 0 Å². The van der Waals surface area contributed by atoms with Gasteiger partial charge in [0.2, 0.25) is 0 Å². The minimum Gasteiger partial charge on any atom is -0.478 e. The molecule has 0 aliphatic rings. The second kappa shape index (κ2) is 6.55. The lowest BCUT2D eigenvalue weighted by Crippen LogP contribution is -2.00. The number of benzene rings is 1. The quantitative estimate of drug-likeness (QED) is 0.819. The molecule has 0 atom stereocenters. The first-order chi connectivity index (χ1) is 10.3. The number of carboxylic acid groups (broad SMARTS) is 1. The van der Waals surface area contributed by atoms with Crippen LogP contribution in [-0.4, -0.2) is 16.1 Å². The Balaban J connectivity index is 2.45. The van der Waals surface area contributed by atoms with E-state index in [1.54, 1.807) is 6.20 Å². The van der Waals surface area contributed by atoms with Crippen LogP contribution >= 0.6 is 23.2 Å². The number of nitrogens with zero attached hydrogens (tertiary/aromatic N) is 1. The van der Waals surface area contributed by atoms with Gasteiger partial charge in [-0.2, -0.15) is 0 Å². The molecule has 2 rings (SSSR count). The smallest absolute Gasteiger partial charge is 0.337 e. The largest absolute Gasteiger partial charge is 0.478 e. The summed E-state index contributed by atoms with van der Waals surface area (Å²) in [5.74, 6) is -0.284. The standard InChI is InChI=1S/C16H15Cl2NO3/c1-8(2)12-6-10(7-19-9(12)3)22-15-13(17)5-4-11(14(15)18)16(20)21/h4-8H,1-3H3,(H,20,21). The van der Waals surface area contributed by atoms with Gasteiger partial charge in [-0.15, -0.1) is 0 Å². The van der Waals surface area contributed by atoms with Gasteiger partial charge >= 0.3 is 5.97 Å². The SMILES string of the molecule is Cc1ncc(Oc2c(Cl)ccc(C(=O)O)c2Cl)cc1C(C)C. The number of ether oxygens (including phenoxy) is 1. The Morgan fingerprint density at radius 1 is 1.32 bits per heavy atom. The number of aromatic carboxylic acids is 1. The summed E-state index contributed by atoms with van der Waals surface area (Å²) in [4.78, 5) is 15.4. The summed E-state index contributed by atoms with van der Waals surface area (Å²) < 4.78 is 5.69. The molecular weight excluding hydrogens is 325 g/mol. The lowest BCUT2D eigenvalue weighted by atomic mass is 10.0. The van der Waals surface area contributed by atoms with Crippen LogP contribution in [0, 0.1) is 6.92 Å². The van der Waals surface area contributed by atoms with E-state index in [1.165, 1.54) is 12.1 Å². The van der Waals surface area contributed by atoms with Gasteiger partial charge < -0.3 is 9.84 Å². The van der Waals surface area contributed by atoms with Crippen LogP contribution < -0.4 is 4.74 Å². The van der Waals surface area contributed by atoms with Crippen molar-refractivity contribution in [3.05, 3.63) is 51.3 Å². The molecule has 0 amide bonds. The number of aryl methyl sites for hydroxylation is 1. The Morgan fingerprint density at radius 2 is 2.00 bits per heavy atom. The number of hydrogen-bond acceptors (Lipinski definition) is 3. The van der Waals surface area contributed by atoms with E-state index in [9.17, 15) is 4.79 Å². The molecule has 0 aliphatic carbocycles. The number of hydrogen-bond donors (Lipinski definition) is 1. The van der Waals surface area contributed by atoms with Crippen LogP contribution in [0.4, 0.5) is 0 Å². The fraction of sp³-hybridized carbons (Fsp3) is 0.250. The van der Waals surface area contributed by atoms with Gasteiger partial charge in [-0.25, -0.2) is 4.79 Å². The van der Waals surface area contributed by atoms with Gasteiger partial charge in [0.05, 0.1) is 21.8 Å². The average Bonchev–Trinajstić information content (AvgIpc) is 2.44. The van der Waals surface area contributed by atoms with E-state index in [-0.39, 0.29) is 27.3 Å². The Labute approximate surface area is 138 Å². The third-order valence-electron chi connectivity index (χ3n) is 3.22. The predicted molar refractivity (Wildman–Crippen MR) is 86.6 cm³/mol. The van der Waals surface area contributed by atoms with Crippen molar-refractivity contribution in [1.29, 1.82) is 0 Å². The van der Waals surface area contributed by atoms with Crippen LogP contribution in [-0.2, 0) is 0 Å². The molecule has 6 heteroatoms. The van der Waals surface area contributed by atoms with E-state index in [4.69, 9.17) is 33.0 Å². The highest BCUT2D eigenvalue weighted by molar-refractivity contribution is 6.39. The third-order valence-corrected chi connectivity index (χ3v) is 3.90. The highest BCUT2D eigenvalue weighted by Gasteiger charge is 2.18. The summed E-state index contributed by atoms with van der Waals surface area (Å²) in [5.41, 5.74) is 1.89. The van der Waals surface area contributed by atoms with Gasteiger partial charge in [-0.3, -0.25) is 4.98 Å². The molecule has 1 aromatic heterocycles. The van der Waals surface area contributed by atoms with Gasteiger partial charge in [0, 0.05) is 5.69 Å². The molecule has 0 aliphatic heterocycles. The van der Waals surface area contributed by atoms with E-state index in [0.717, 1.165) is 11.3 Å². The van der Waals surface area contributed by atoms with Crippen LogP contribution in [0.2, 0.25) is 10.0 Å². The summed E-state index contributed by atoms with van der Waals surface area (Å²) in [5, 5.41) is 9.31. The number of aromatic nitrogens is 1. The van der Waals surface area contributed by atoms with Gasteiger partial charge in [0.1, 0.15) is 5.75 Å². The maximum Gasteiger partial charge on any atom is 0.337 e. The maximum atomic E-state index is 11.1. The Kier molecular flexibility index (Phi) is 4.94. The fourth-order valence-electron chi connectivity index (χ4n) is 2.08. The van der Waals surface area contributed by atoms with Crippen molar-refractivity contribution < 1.29 is 14.6 Å². The minimum absolute atomic E-state index is 0.0355. The van der Waals surface area contributed by atoms with Crippen LogP contribution in [0.15, 0.2) is 24.4 Å². The third kappa shape index (κ3) is 3.34. The van der Waals surface area contributed by atoms with E-state index < -0.39 is 5.97 Å². The highest BCUT2D eigenvalue weighted by Crippen LogP contribution is 2.39. The molecule has 0 saturated carbocycles. The van der Waals surface area contributed by atoms with Gasteiger partial charge in [0.15, 0.2) is 5.75 Å². The highest BCUT2D eigenvalue weighted by atomic mass is 35.5. The van der Waals surface area contributed by atoms with Crippen molar-refractivity contribution in [2.45, 2.75) is 26.7 Å². The first-order valence-corrected chi connectivity index (χ1v) is 7.42. The molecule has 1 N–H and O–H groups in total. The lowest BCUT2D eigenvalue weighted by Gasteiger charge is -2.14. The molecule has 4 nitrogen and oxygen atoms in total. The summed E-state index contributed by atoms with van der Waals surface area (Å²) in [6.45, 7) is 6.03. The second-order valence-electron chi connectivity index (χ2n) is 5.15. The Bertz CT molecular complexity index is 730. The number of carboxylic acids is 1. The number of halogens is 2. The zero-order chi connectivity index (χ0) is 16.4. The predicted octanol–water partition coefficient (Wildman–Crippen LogP) is 5.31. The van der Waals surface area contributed by atoms with E-state index in [2.05, 4.69) is 18.8 Å². The normalized spacial score (nSPS) is 10.8. The first-order valence-electron chi connectivity index (χ1n) is 6.67. The first kappa shape index (κ1) is 16.6. The Hall–Kier alpha value is -1.78. The molecule has 2 aromatic rings. The van der Waals surface area contributed by atoms with Crippen molar-refractivity contribution in [3.8, 4) is 11.5 Å². The molecule has 0 unspecified atom stereocenters. The Morgan fingerprint density at radius 3 is 2.59 bits per heavy atom. The molecule has 1 aromatic carbocycles. The zero-order valence-electron chi connectivity index (χ0n) is 12.4. The van der Waals surface area contributed by atoms with Crippen molar-refractivity contribution in [2.24, 2.45) is 0 Å². The molecule has 0 radical (unpaired) electrons. The molecular formula is C16H15Cl2NO3. The minimum atomic E-state index is -1.14. The summed E-state index contributed by atoms with van der Waals surface area (Å²) in [6.07, 6.45) is 1.56. The topological polar surface area (TPSA) is 59.4 Å². The molecule has 116 valence electrons. The van der Waals surface area contributed by atoms with Crippen molar-refractivity contribution in [3.63, 3.8) is 0 Å². The van der Waals surface area contributed by atoms with Crippen molar-refractivity contribution in [2.75, 3.05) is 0 Å². The molecule has 22 heavy (non-hydrogen) atoms. The van der Waals surface area contributed by atoms with E-state index >= 15 is 0 Å². The van der Waals surface area contributed by atoms with Crippen molar-refractivity contribution >= 4 is 29.2 Å². The number of pyridine rings is 1. The fourth-order valence-corrected chi connectivity index (χ4v) is 2.61. The summed E-state index contributed by atoms with van der Waals surface area (Å²) in [6, 6.07) is 4.64. The zero-order valence-corrected chi connectivity index (χ0v) is 13.9. The summed E-state index contributed by atoms with van der Waals surface area (Å²) in [7, 11) is 0. The van der Waals surface area contributed by atoms with E-state index in [1.807, 2.05) is 13.0 Å². The van der Waals surface area contributed by atoms with Gasteiger partial charge in [-0.05, 0) is 36.6 Å².